The quantitative estimate of drug-likeness (QED) is 0.682. The lowest BCUT2D eigenvalue weighted by Gasteiger charge is -2.24. The van der Waals surface area contributed by atoms with Gasteiger partial charge in [0.25, 0.3) is 0 Å². The summed E-state index contributed by atoms with van der Waals surface area (Å²) in [6.45, 7) is 6.71. The topological polar surface area (TPSA) is 40.5 Å². The first kappa shape index (κ1) is 11.8. The van der Waals surface area contributed by atoms with Gasteiger partial charge in [-0.15, -0.1) is 0 Å². The van der Waals surface area contributed by atoms with Crippen molar-refractivity contribution < 1.29 is 9.32 Å². The molecule has 0 radical (unpaired) electrons. The van der Waals surface area contributed by atoms with Crippen LogP contribution in [0.4, 0.5) is 0 Å². The Hall–Kier alpha value is -0.190. The number of rotatable bonds is 4. The van der Waals surface area contributed by atoms with Crippen LogP contribution < -0.4 is 0 Å². The third-order valence-electron chi connectivity index (χ3n) is 1.90. The molecule has 0 aromatic carbocycles. The Morgan fingerprint density at radius 2 is 2.17 bits per heavy atom. The maximum atomic E-state index is 10.3. The van der Waals surface area contributed by atoms with Crippen LogP contribution in [0.25, 0.3) is 0 Å². The molecule has 1 N–H and O–H groups in total. The minimum Gasteiger partial charge on any atom is -0.340 e. The van der Waals surface area contributed by atoms with E-state index in [1.807, 2.05) is 13.8 Å². The predicted molar refractivity (Wildman–Crippen MR) is 52.5 cm³/mol. The van der Waals surface area contributed by atoms with Gasteiger partial charge in [-0.2, -0.15) is 0 Å². The van der Waals surface area contributed by atoms with E-state index >= 15 is 0 Å². The van der Waals surface area contributed by atoms with E-state index in [4.69, 9.17) is 0 Å². The highest BCUT2D eigenvalue weighted by molar-refractivity contribution is 7.65. The normalized spacial score (nSPS) is 13.1. The Bertz CT molecular complexity index is 178. The minimum atomic E-state index is -0.113. The molecular weight excluding hydrogens is 174 g/mol. The van der Waals surface area contributed by atoms with Crippen molar-refractivity contribution in [3.05, 3.63) is 0 Å². The minimum absolute atomic E-state index is 0.113. The molecule has 0 aliphatic carbocycles. The van der Waals surface area contributed by atoms with Crippen LogP contribution in [0.1, 0.15) is 33.6 Å². The molecule has 0 amide bonds. The number of aliphatic hydroxyl groups excluding tert-OH is 1. The van der Waals surface area contributed by atoms with Gasteiger partial charge in [-0.05, 0) is 13.3 Å². The molecule has 0 spiro atoms. The first-order valence-corrected chi connectivity index (χ1v) is 5.03. The largest absolute Gasteiger partial charge is 0.340 e. The second-order valence-electron chi connectivity index (χ2n) is 2.79. The fourth-order valence-electron chi connectivity index (χ4n) is 1.26. The summed E-state index contributed by atoms with van der Waals surface area (Å²) >= 11 is 0.160. The second kappa shape index (κ2) is 6.34. The number of aliphatic hydroxyl groups is 1. The average Bonchev–Trinajstić information content (AvgIpc) is 2.06. The van der Waals surface area contributed by atoms with E-state index in [2.05, 4.69) is 6.92 Å². The van der Waals surface area contributed by atoms with Gasteiger partial charge in [0.2, 0.25) is 5.17 Å². The molecule has 0 fully saturated rings. The van der Waals surface area contributed by atoms with Gasteiger partial charge in [0.05, 0.1) is 0 Å². The van der Waals surface area contributed by atoms with Crippen molar-refractivity contribution in [2.24, 2.45) is 0 Å². The third-order valence-corrected chi connectivity index (χ3v) is 2.28. The molecular formula is C8H17NO2S. The van der Waals surface area contributed by atoms with Gasteiger partial charge in [0.1, 0.15) is 11.3 Å². The average molecular weight is 191 g/mol. The third kappa shape index (κ3) is 3.47. The second-order valence-corrected chi connectivity index (χ2v) is 3.32. The highest BCUT2D eigenvalue weighted by atomic mass is 32.1. The summed E-state index contributed by atoms with van der Waals surface area (Å²) in [5.41, 5.74) is 0. The molecule has 1 unspecified atom stereocenters. The van der Waals surface area contributed by atoms with Gasteiger partial charge in [0.15, 0.2) is 0 Å². The summed E-state index contributed by atoms with van der Waals surface area (Å²) in [5, 5.41) is 9.10. The Morgan fingerprint density at radius 1 is 1.58 bits per heavy atom. The summed E-state index contributed by atoms with van der Waals surface area (Å²) in [5.74, 6) is 0. The zero-order chi connectivity index (χ0) is 9.56. The fourth-order valence-corrected chi connectivity index (χ4v) is 1.66. The van der Waals surface area contributed by atoms with Crippen LogP contribution in [0.5, 0.6) is 0 Å². The van der Waals surface area contributed by atoms with Gasteiger partial charge in [-0.3, -0.25) is 0 Å². The van der Waals surface area contributed by atoms with Crippen LogP contribution in [0.3, 0.4) is 0 Å². The van der Waals surface area contributed by atoms with E-state index in [0.29, 0.717) is 6.54 Å². The molecule has 0 rings (SSSR count). The van der Waals surface area contributed by atoms with Crippen molar-refractivity contribution in [3.8, 4) is 0 Å². The van der Waals surface area contributed by atoms with E-state index in [0.717, 1.165) is 12.8 Å². The van der Waals surface area contributed by atoms with E-state index < -0.39 is 0 Å². The molecule has 0 heterocycles. The first-order chi connectivity index (χ1) is 5.67. The molecule has 72 valence electrons. The van der Waals surface area contributed by atoms with Gasteiger partial charge in [0, 0.05) is 12.6 Å². The number of hydrogen-bond acceptors (Lipinski definition) is 1. The molecule has 0 aromatic heterocycles. The summed E-state index contributed by atoms with van der Waals surface area (Å²) < 4.78 is 10.3. The highest BCUT2D eigenvalue weighted by Gasteiger charge is 2.14. The predicted octanol–water partition coefficient (Wildman–Crippen LogP) is 1.36. The van der Waals surface area contributed by atoms with E-state index in [1.165, 1.54) is 0 Å². The molecule has 1 atom stereocenters. The Morgan fingerprint density at radius 3 is 2.50 bits per heavy atom. The summed E-state index contributed by atoms with van der Waals surface area (Å²) in [4.78, 5) is 1.72. The summed E-state index contributed by atoms with van der Waals surface area (Å²) in [7, 11) is 0. The molecule has 4 heteroatoms. The number of nitrogens with zero attached hydrogens (tertiary/aromatic N) is 1. The monoisotopic (exact) mass is 191 g/mol. The maximum Gasteiger partial charge on any atom is 0.217 e. The fraction of sp³-hybridized carbons (Fsp3) is 0.875. The van der Waals surface area contributed by atoms with Crippen LogP contribution in [0.15, 0.2) is 0 Å². The van der Waals surface area contributed by atoms with Gasteiger partial charge in [-0.1, -0.05) is 20.3 Å². The van der Waals surface area contributed by atoms with E-state index in [-0.39, 0.29) is 22.5 Å². The maximum absolute atomic E-state index is 10.3. The standard InChI is InChI=1S/C8H17NO2S/c1-4-6-7(3)9(5-2)8(10)12-11/h7,10H,4-6H2,1-3H3. The van der Waals surface area contributed by atoms with Crippen LogP contribution in [-0.2, 0) is 11.3 Å². The van der Waals surface area contributed by atoms with Gasteiger partial charge < -0.3 is 5.11 Å². The molecule has 0 aromatic rings. The van der Waals surface area contributed by atoms with Crippen molar-refractivity contribution in [1.29, 1.82) is 0 Å². The SMILES string of the molecule is CCCC(C)N(CC)C(O)=S=O. The van der Waals surface area contributed by atoms with E-state index in [9.17, 15) is 9.32 Å². The van der Waals surface area contributed by atoms with Crippen LogP contribution in [-0.4, -0.2) is 32.0 Å². The summed E-state index contributed by atoms with van der Waals surface area (Å²) in [6, 6.07) is 0.251. The van der Waals surface area contributed by atoms with Crippen LogP contribution in [0.2, 0.25) is 0 Å². The smallest absolute Gasteiger partial charge is 0.217 e. The van der Waals surface area contributed by atoms with Crippen LogP contribution >= 0.6 is 0 Å². The molecule has 0 saturated carbocycles. The van der Waals surface area contributed by atoms with Gasteiger partial charge in [-0.25, -0.2) is 9.11 Å². The van der Waals surface area contributed by atoms with Crippen molar-refractivity contribution >= 4 is 16.4 Å². The molecule has 3 nitrogen and oxygen atoms in total. The molecule has 0 aliphatic rings. The first-order valence-electron chi connectivity index (χ1n) is 4.29. The van der Waals surface area contributed by atoms with Crippen molar-refractivity contribution in [1.82, 2.24) is 4.90 Å². The Balaban J connectivity index is 4.23. The molecule has 0 bridgehead atoms. The van der Waals surface area contributed by atoms with Crippen molar-refractivity contribution in [3.63, 3.8) is 0 Å². The lowest BCUT2D eigenvalue weighted by Crippen LogP contribution is -2.38. The number of hydrogen-bond donors (Lipinski definition) is 1. The van der Waals surface area contributed by atoms with Gasteiger partial charge >= 0.3 is 0 Å². The zero-order valence-corrected chi connectivity index (χ0v) is 8.73. The Labute approximate surface area is 77.5 Å². The molecule has 0 aliphatic heterocycles. The van der Waals surface area contributed by atoms with Crippen molar-refractivity contribution in [2.75, 3.05) is 6.54 Å². The Kier molecular flexibility index (Phi) is 6.24. The molecule has 12 heavy (non-hydrogen) atoms. The summed E-state index contributed by atoms with van der Waals surface area (Å²) in [6.07, 6.45) is 2.06. The zero-order valence-electron chi connectivity index (χ0n) is 7.91. The van der Waals surface area contributed by atoms with E-state index in [1.54, 1.807) is 4.90 Å². The molecule has 0 saturated heterocycles. The highest BCUT2D eigenvalue weighted by Crippen LogP contribution is 2.05. The van der Waals surface area contributed by atoms with Crippen LogP contribution in [0, 0.1) is 0 Å². The van der Waals surface area contributed by atoms with Crippen molar-refractivity contribution in [2.45, 2.75) is 39.7 Å². The lowest BCUT2D eigenvalue weighted by molar-refractivity contribution is 0.279. The lowest BCUT2D eigenvalue weighted by atomic mass is 10.2.